The molecule has 0 spiro atoms. The van der Waals surface area contributed by atoms with Crippen molar-refractivity contribution in [2.45, 2.75) is 20.8 Å². The van der Waals surface area contributed by atoms with E-state index in [1.807, 2.05) is 44.2 Å². The van der Waals surface area contributed by atoms with Crippen molar-refractivity contribution in [3.63, 3.8) is 0 Å². The summed E-state index contributed by atoms with van der Waals surface area (Å²) in [6.07, 6.45) is 1.65. The highest BCUT2D eigenvalue weighted by atomic mass is 79.9. The summed E-state index contributed by atoms with van der Waals surface area (Å²) in [4.78, 5) is 11.9. The van der Waals surface area contributed by atoms with Crippen LogP contribution in [-0.2, 0) is 4.79 Å². The Balaban J connectivity index is 1.71. The number of halogens is 1. The number of nitrogens with zero attached hydrogens (tertiary/aromatic N) is 2. The summed E-state index contributed by atoms with van der Waals surface area (Å²) in [5.74, 6) is 0.329. The fourth-order valence-corrected chi connectivity index (χ4v) is 3.58. The zero-order valence-corrected chi connectivity index (χ0v) is 17.7. The van der Waals surface area contributed by atoms with Crippen molar-refractivity contribution < 1.29 is 9.53 Å². The average molecular weight is 440 g/mol. The minimum atomic E-state index is -0.316. The van der Waals surface area contributed by atoms with E-state index < -0.39 is 0 Å². The lowest BCUT2D eigenvalue weighted by atomic mass is 10.2. The standard InChI is InChI=1S/C22H22BrN3O2/c1-15-9-7-8-12-20(15)26-16(2)19(22(23)17(26)3)13-24-25-21(27)14-28-18-10-5-4-6-11-18/h4-13H,14H2,1-3H3,(H,25,27)/b24-13-. The molecule has 0 radical (unpaired) electrons. The number of carbonyl (C=O) groups excluding carboxylic acids is 1. The summed E-state index contributed by atoms with van der Waals surface area (Å²) < 4.78 is 8.55. The molecule has 0 saturated carbocycles. The van der Waals surface area contributed by atoms with Crippen molar-refractivity contribution in [2.75, 3.05) is 6.61 Å². The number of para-hydroxylation sites is 2. The molecule has 0 aliphatic heterocycles. The highest BCUT2D eigenvalue weighted by Crippen LogP contribution is 2.30. The fourth-order valence-electron chi connectivity index (χ4n) is 3.02. The van der Waals surface area contributed by atoms with E-state index in [0.717, 1.165) is 27.1 Å². The Bertz CT molecular complexity index is 1010. The maximum absolute atomic E-state index is 11.9. The van der Waals surface area contributed by atoms with Gasteiger partial charge in [-0.3, -0.25) is 4.79 Å². The van der Waals surface area contributed by atoms with E-state index in [0.29, 0.717) is 5.75 Å². The molecule has 0 aliphatic rings. The number of aromatic nitrogens is 1. The Morgan fingerprint density at radius 1 is 1.07 bits per heavy atom. The van der Waals surface area contributed by atoms with Crippen LogP contribution in [0.25, 0.3) is 5.69 Å². The van der Waals surface area contributed by atoms with Gasteiger partial charge in [-0.15, -0.1) is 0 Å². The number of amides is 1. The first kappa shape index (κ1) is 19.9. The first-order chi connectivity index (χ1) is 13.5. The number of hydrogen-bond donors (Lipinski definition) is 1. The van der Waals surface area contributed by atoms with E-state index in [1.54, 1.807) is 18.3 Å². The van der Waals surface area contributed by atoms with Crippen molar-refractivity contribution in [1.82, 2.24) is 9.99 Å². The Morgan fingerprint density at radius 2 is 1.75 bits per heavy atom. The van der Waals surface area contributed by atoms with Gasteiger partial charge in [0, 0.05) is 27.1 Å². The molecule has 1 N–H and O–H groups in total. The van der Waals surface area contributed by atoms with Gasteiger partial charge in [-0.05, 0) is 60.5 Å². The van der Waals surface area contributed by atoms with Crippen molar-refractivity contribution >= 4 is 28.1 Å². The lowest BCUT2D eigenvalue weighted by molar-refractivity contribution is -0.123. The molecular weight excluding hydrogens is 418 g/mol. The van der Waals surface area contributed by atoms with Gasteiger partial charge in [0.1, 0.15) is 5.75 Å². The molecule has 28 heavy (non-hydrogen) atoms. The van der Waals surface area contributed by atoms with E-state index in [1.165, 1.54) is 5.56 Å². The highest BCUT2D eigenvalue weighted by molar-refractivity contribution is 9.10. The average Bonchev–Trinajstić information content (AvgIpc) is 2.91. The molecule has 0 saturated heterocycles. The number of rotatable bonds is 6. The molecule has 3 aromatic rings. The summed E-state index contributed by atoms with van der Waals surface area (Å²) in [6.45, 7) is 6.08. The summed E-state index contributed by atoms with van der Waals surface area (Å²) in [7, 11) is 0. The molecule has 0 unspecified atom stereocenters. The van der Waals surface area contributed by atoms with Crippen molar-refractivity contribution in [3.8, 4) is 11.4 Å². The second-order valence-corrected chi connectivity index (χ2v) is 7.21. The third-order valence-electron chi connectivity index (χ3n) is 4.47. The number of nitrogens with one attached hydrogen (secondary N) is 1. The van der Waals surface area contributed by atoms with Crippen LogP contribution in [-0.4, -0.2) is 23.3 Å². The van der Waals surface area contributed by atoms with Gasteiger partial charge in [-0.1, -0.05) is 36.4 Å². The van der Waals surface area contributed by atoms with Crippen LogP contribution in [0.1, 0.15) is 22.5 Å². The summed E-state index contributed by atoms with van der Waals surface area (Å²) in [5, 5.41) is 4.10. The van der Waals surface area contributed by atoms with E-state index in [4.69, 9.17) is 4.74 Å². The van der Waals surface area contributed by atoms with Crippen LogP contribution < -0.4 is 10.2 Å². The van der Waals surface area contributed by atoms with Gasteiger partial charge in [0.25, 0.3) is 5.91 Å². The number of aryl methyl sites for hydroxylation is 1. The second kappa shape index (κ2) is 8.89. The first-order valence-electron chi connectivity index (χ1n) is 8.92. The molecule has 6 heteroatoms. The predicted octanol–water partition coefficient (Wildman–Crippen LogP) is 4.69. The molecule has 0 fully saturated rings. The minimum Gasteiger partial charge on any atom is -0.484 e. The lowest BCUT2D eigenvalue weighted by Gasteiger charge is -2.12. The molecule has 1 aromatic heterocycles. The molecule has 2 aromatic carbocycles. The van der Waals surface area contributed by atoms with Gasteiger partial charge in [0.15, 0.2) is 6.61 Å². The molecule has 1 amide bonds. The maximum atomic E-state index is 11.9. The van der Waals surface area contributed by atoms with E-state index in [2.05, 4.69) is 50.1 Å². The van der Waals surface area contributed by atoms with Crippen molar-refractivity contribution in [3.05, 3.63) is 81.6 Å². The van der Waals surface area contributed by atoms with Gasteiger partial charge >= 0.3 is 0 Å². The normalized spacial score (nSPS) is 11.0. The SMILES string of the molecule is Cc1ccccc1-n1c(C)c(Br)c(/C=N\NC(=O)COc2ccccc2)c1C. The van der Waals surface area contributed by atoms with Crippen LogP contribution >= 0.6 is 15.9 Å². The predicted molar refractivity (Wildman–Crippen MR) is 115 cm³/mol. The van der Waals surface area contributed by atoms with E-state index >= 15 is 0 Å². The van der Waals surface area contributed by atoms with Gasteiger partial charge in [0.05, 0.1) is 6.21 Å². The number of carbonyl (C=O) groups is 1. The Labute approximate surface area is 173 Å². The Kier molecular flexibility index (Phi) is 6.31. The number of hydrazone groups is 1. The molecular formula is C22H22BrN3O2. The van der Waals surface area contributed by atoms with Gasteiger partial charge in [-0.2, -0.15) is 5.10 Å². The zero-order valence-electron chi connectivity index (χ0n) is 16.1. The highest BCUT2D eigenvalue weighted by Gasteiger charge is 2.16. The van der Waals surface area contributed by atoms with Gasteiger partial charge in [-0.25, -0.2) is 5.43 Å². The van der Waals surface area contributed by atoms with Crippen molar-refractivity contribution in [2.24, 2.45) is 5.10 Å². The fraction of sp³-hybridized carbons (Fsp3) is 0.182. The lowest BCUT2D eigenvalue weighted by Crippen LogP contribution is -2.24. The van der Waals surface area contributed by atoms with Crippen LogP contribution in [0.15, 0.2) is 64.2 Å². The molecule has 0 atom stereocenters. The van der Waals surface area contributed by atoms with E-state index in [-0.39, 0.29) is 12.5 Å². The molecule has 5 nitrogen and oxygen atoms in total. The smallest absolute Gasteiger partial charge is 0.277 e. The summed E-state index contributed by atoms with van der Waals surface area (Å²) >= 11 is 3.65. The molecule has 0 aliphatic carbocycles. The molecule has 144 valence electrons. The monoisotopic (exact) mass is 439 g/mol. The summed E-state index contributed by atoms with van der Waals surface area (Å²) in [5.41, 5.74) is 7.86. The third kappa shape index (κ3) is 4.34. The van der Waals surface area contributed by atoms with E-state index in [9.17, 15) is 4.79 Å². The molecule has 0 bridgehead atoms. The first-order valence-corrected chi connectivity index (χ1v) is 9.71. The zero-order chi connectivity index (χ0) is 20.1. The molecule has 1 heterocycles. The van der Waals surface area contributed by atoms with Crippen LogP contribution in [0.5, 0.6) is 5.75 Å². The van der Waals surface area contributed by atoms with Crippen LogP contribution in [0, 0.1) is 20.8 Å². The topological polar surface area (TPSA) is 55.6 Å². The number of hydrogen-bond acceptors (Lipinski definition) is 3. The number of ether oxygens (including phenoxy) is 1. The minimum absolute atomic E-state index is 0.0925. The molecule has 3 rings (SSSR count). The number of benzene rings is 2. The van der Waals surface area contributed by atoms with Crippen molar-refractivity contribution in [1.29, 1.82) is 0 Å². The largest absolute Gasteiger partial charge is 0.484 e. The van der Waals surface area contributed by atoms with Crippen LogP contribution in [0.3, 0.4) is 0 Å². The quantitative estimate of drug-likeness (QED) is 0.447. The second-order valence-electron chi connectivity index (χ2n) is 6.42. The van der Waals surface area contributed by atoms with Gasteiger partial charge < -0.3 is 9.30 Å². The van der Waals surface area contributed by atoms with Gasteiger partial charge in [0.2, 0.25) is 0 Å². The van der Waals surface area contributed by atoms with Crippen LogP contribution in [0.4, 0.5) is 0 Å². The Morgan fingerprint density at radius 3 is 2.46 bits per heavy atom. The Hall–Kier alpha value is -2.86. The third-order valence-corrected chi connectivity index (χ3v) is 5.47. The maximum Gasteiger partial charge on any atom is 0.277 e. The summed E-state index contributed by atoms with van der Waals surface area (Å²) in [6, 6.07) is 17.4. The van der Waals surface area contributed by atoms with Crippen LogP contribution in [0.2, 0.25) is 0 Å².